The fourth-order valence-electron chi connectivity index (χ4n) is 4.08. The number of H-pyrrole nitrogens is 1. The second kappa shape index (κ2) is 8.32. The largest absolute Gasteiger partial charge is 0.496 e. The van der Waals surface area contributed by atoms with E-state index in [0.29, 0.717) is 13.1 Å². The van der Waals surface area contributed by atoms with Crippen LogP contribution in [0.3, 0.4) is 0 Å². The van der Waals surface area contributed by atoms with Gasteiger partial charge < -0.3 is 15.0 Å². The van der Waals surface area contributed by atoms with Gasteiger partial charge in [0.1, 0.15) is 5.75 Å². The van der Waals surface area contributed by atoms with Crippen molar-refractivity contribution < 1.29 is 9.53 Å². The zero-order valence-corrected chi connectivity index (χ0v) is 17.7. The van der Waals surface area contributed by atoms with Crippen molar-refractivity contribution in [2.24, 2.45) is 0 Å². The van der Waals surface area contributed by atoms with E-state index in [4.69, 9.17) is 4.74 Å². The van der Waals surface area contributed by atoms with Gasteiger partial charge in [-0.3, -0.25) is 14.5 Å². The molecule has 2 heterocycles. The Balaban J connectivity index is 1.46. The van der Waals surface area contributed by atoms with Crippen LogP contribution in [-0.4, -0.2) is 36.0 Å². The molecule has 0 atom stereocenters. The first-order valence-corrected chi connectivity index (χ1v) is 10.2. The van der Waals surface area contributed by atoms with Crippen molar-refractivity contribution in [2.45, 2.75) is 33.4 Å². The van der Waals surface area contributed by atoms with Crippen LogP contribution in [0.2, 0.25) is 0 Å². The van der Waals surface area contributed by atoms with Crippen LogP contribution in [0.4, 0.5) is 0 Å². The summed E-state index contributed by atoms with van der Waals surface area (Å²) in [5.41, 5.74) is 5.99. The quantitative estimate of drug-likeness (QED) is 0.685. The monoisotopic (exact) mass is 405 g/mol. The number of para-hydroxylation sites is 1. The Morgan fingerprint density at radius 1 is 1.20 bits per heavy atom. The summed E-state index contributed by atoms with van der Waals surface area (Å²) in [5.74, 6) is 0.696. The van der Waals surface area contributed by atoms with Gasteiger partial charge in [0.25, 0.3) is 0 Å². The number of carbonyl (C=O) groups is 1. The van der Waals surface area contributed by atoms with Gasteiger partial charge in [0.05, 0.1) is 19.2 Å². The third-order valence-electron chi connectivity index (χ3n) is 5.99. The summed E-state index contributed by atoms with van der Waals surface area (Å²) < 4.78 is 5.33. The second-order valence-corrected chi connectivity index (χ2v) is 7.89. The van der Waals surface area contributed by atoms with E-state index in [0.717, 1.165) is 52.0 Å². The number of hydrogen-bond acceptors (Lipinski definition) is 4. The van der Waals surface area contributed by atoms with Gasteiger partial charge in [-0.25, -0.2) is 0 Å². The molecule has 2 N–H and O–H groups in total. The normalized spacial score (nSPS) is 13.8. The van der Waals surface area contributed by atoms with Gasteiger partial charge in [-0.05, 0) is 37.1 Å². The highest BCUT2D eigenvalue weighted by Gasteiger charge is 2.23. The second-order valence-electron chi connectivity index (χ2n) is 7.89. The lowest BCUT2D eigenvalue weighted by Crippen LogP contribution is -2.41. The number of nitrogens with one attached hydrogen (secondary N) is 2. The average Bonchev–Trinajstić information content (AvgIpc) is 2.76. The summed E-state index contributed by atoms with van der Waals surface area (Å²) in [7, 11) is 1.62. The maximum atomic E-state index is 13.1. The zero-order valence-electron chi connectivity index (χ0n) is 17.7. The van der Waals surface area contributed by atoms with E-state index >= 15 is 0 Å². The van der Waals surface area contributed by atoms with Crippen LogP contribution in [0, 0.1) is 13.8 Å². The minimum atomic E-state index is -0.0620. The number of rotatable bonds is 5. The first-order valence-electron chi connectivity index (χ1n) is 10.2. The number of benzene rings is 2. The SMILES string of the molecule is COc1ccccc1CNC(=O)CN1CCc2[nH]c3c(C)c(C)ccc3c(=O)c2C1. The van der Waals surface area contributed by atoms with E-state index in [1.165, 1.54) is 5.56 Å². The van der Waals surface area contributed by atoms with E-state index in [1.807, 2.05) is 48.2 Å². The number of hydrogen-bond donors (Lipinski definition) is 2. The lowest BCUT2D eigenvalue weighted by molar-refractivity contribution is -0.122. The Morgan fingerprint density at radius 2 is 2.00 bits per heavy atom. The minimum absolute atomic E-state index is 0.0620. The minimum Gasteiger partial charge on any atom is -0.496 e. The number of fused-ring (bicyclic) bond motifs is 2. The van der Waals surface area contributed by atoms with Crippen LogP contribution in [0.25, 0.3) is 10.9 Å². The Kier molecular flexibility index (Phi) is 5.59. The molecule has 4 rings (SSSR count). The van der Waals surface area contributed by atoms with Gasteiger partial charge >= 0.3 is 0 Å². The summed E-state index contributed by atoms with van der Waals surface area (Å²) in [6.45, 7) is 5.99. The molecule has 0 aliphatic carbocycles. The highest BCUT2D eigenvalue weighted by Crippen LogP contribution is 2.22. The molecule has 0 saturated heterocycles. The maximum absolute atomic E-state index is 13.1. The van der Waals surface area contributed by atoms with Crippen molar-refractivity contribution in [1.29, 1.82) is 0 Å². The number of ether oxygens (including phenoxy) is 1. The van der Waals surface area contributed by atoms with Crippen molar-refractivity contribution >= 4 is 16.8 Å². The number of methoxy groups -OCH3 is 1. The van der Waals surface area contributed by atoms with Crippen LogP contribution < -0.4 is 15.5 Å². The van der Waals surface area contributed by atoms with Crippen molar-refractivity contribution in [3.8, 4) is 5.75 Å². The fraction of sp³-hybridized carbons (Fsp3) is 0.333. The van der Waals surface area contributed by atoms with Gasteiger partial charge in [0.15, 0.2) is 5.43 Å². The zero-order chi connectivity index (χ0) is 21.3. The highest BCUT2D eigenvalue weighted by molar-refractivity contribution is 5.83. The highest BCUT2D eigenvalue weighted by atomic mass is 16.5. The molecule has 0 fully saturated rings. The van der Waals surface area contributed by atoms with Gasteiger partial charge in [0, 0.05) is 48.3 Å². The molecule has 30 heavy (non-hydrogen) atoms. The van der Waals surface area contributed by atoms with E-state index in [9.17, 15) is 9.59 Å². The first kappa shape index (κ1) is 20.2. The molecule has 0 saturated carbocycles. The number of nitrogens with zero attached hydrogens (tertiary/aromatic N) is 1. The van der Waals surface area contributed by atoms with Gasteiger partial charge in [-0.2, -0.15) is 0 Å². The molecule has 1 aliphatic heterocycles. The van der Waals surface area contributed by atoms with Crippen molar-refractivity contribution in [2.75, 3.05) is 20.2 Å². The van der Waals surface area contributed by atoms with Crippen molar-refractivity contribution in [3.63, 3.8) is 0 Å². The average molecular weight is 405 g/mol. The van der Waals surface area contributed by atoms with Gasteiger partial charge in [-0.15, -0.1) is 0 Å². The van der Waals surface area contributed by atoms with Crippen LogP contribution in [0.1, 0.15) is 27.9 Å². The summed E-state index contributed by atoms with van der Waals surface area (Å²) in [4.78, 5) is 31.1. The molecule has 3 aromatic rings. The molecule has 1 aliphatic rings. The first-order chi connectivity index (χ1) is 14.5. The Morgan fingerprint density at radius 3 is 2.80 bits per heavy atom. The van der Waals surface area contributed by atoms with Crippen molar-refractivity contribution in [3.05, 3.63) is 74.6 Å². The predicted octanol–water partition coefficient (Wildman–Crippen LogP) is 2.83. The summed E-state index contributed by atoms with van der Waals surface area (Å²) >= 11 is 0. The molecule has 1 amide bonds. The molecule has 156 valence electrons. The summed E-state index contributed by atoms with van der Waals surface area (Å²) in [6.07, 6.45) is 0.730. The summed E-state index contributed by atoms with van der Waals surface area (Å²) in [6, 6.07) is 11.5. The molecule has 6 heteroatoms. The van der Waals surface area contributed by atoms with E-state index in [1.54, 1.807) is 7.11 Å². The standard InChI is InChI=1S/C24H27N3O3/c1-15-8-9-18-23(16(15)2)26-20-10-11-27(13-19(20)24(18)29)14-22(28)25-12-17-6-4-5-7-21(17)30-3/h4-9H,10-14H2,1-3H3,(H,25,28)(H,26,29). The fourth-order valence-corrected chi connectivity index (χ4v) is 4.08. The third-order valence-corrected chi connectivity index (χ3v) is 5.99. The van der Waals surface area contributed by atoms with E-state index in [-0.39, 0.29) is 17.9 Å². The molecule has 2 aromatic carbocycles. The Labute approximate surface area is 175 Å². The molecule has 0 bridgehead atoms. The maximum Gasteiger partial charge on any atom is 0.234 e. The van der Waals surface area contributed by atoms with Crippen LogP contribution in [0.15, 0.2) is 41.2 Å². The van der Waals surface area contributed by atoms with E-state index < -0.39 is 0 Å². The Hall–Kier alpha value is -3.12. The predicted molar refractivity (Wildman–Crippen MR) is 118 cm³/mol. The molecule has 0 unspecified atom stereocenters. The van der Waals surface area contributed by atoms with Crippen LogP contribution in [0.5, 0.6) is 5.75 Å². The smallest absolute Gasteiger partial charge is 0.234 e. The summed E-state index contributed by atoms with van der Waals surface area (Å²) in [5, 5.41) is 3.68. The molecular formula is C24H27N3O3. The molecule has 0 radical (unpaired) electrons. The molecule has 0 spiro atoms. The van der Waals surface area contributed by atoms with Crippen LogP contribution in [-0.2, 0) is 24.3 Å². The van der Waals surface area contributed by atoms with Crippen molar-refractivity contribution in [1.82, 2.24) is 15.2 Å². The lowest BCUT2D eigenvalue weighted by Gasteiger charge is -2.28. The van der Waals surface area contributed by atoms with Gasteiger partial charge in [0.2, 0.25) is 5.91 Å². The number of amides is 1. The van der Waals surface area contributed by atoms with Crippen LogP contribution >= 0.6 is 0 Å². The Bertz CT molecular complexity index is 1170. The number of carbonyl (C=O) groups excluding carboxylic acids is 1. The number of aromatic amines is 1. The number of pyridine rings is 1. The number of aromatic nitrogens is 1. The van der Waals surface area contributed by atoms with Gasteiger partial charge in [-0.1, -0.05) is 24.3 Å². The number of aryl methyl sites for hydroxylation is 2. The molecule has 1 aromatic heterocycles. The lowest BCUT2D eigenvalue weighted by atomic mass is 9.99. The third kappa shape index (κ3) is 3.83. The van der Waals surface area contributed by atoms with E-state index in [2.05, 4.69) is 17.2 Å². The molecular weight excluding hydrogens is 378 g/mol. The topological polar surface area (TPSA) is 74.4 Å². The molecule has 6 nitrogen and oxygen atoms in total.